The SMILES string of the molecule is O=C(N[C@H]1CCCC[C@H]2CC[C@@H](C(=O)O)N2C1=O)c1cccc2ccccc12. The highest BCUT2D eigenvalue weighted by Crippen LogP contribution is 2.31. The molecule has 2 amide bonds. The smallest absolute Gasteiger partial charge is 0.326 e. The molecule has 2 aromatic carbocycles. The van der Waals surface area contributed by atoms with Crippen LogP contribution in [-0.2, 0) is 9.59 Å². The molecule has 4 rings (SSSR count). The van der Waals surface area contributed by atoms with Gasteiger partial charge in [-0.25, -0.2) is 4.79 Å². The van der Waals surface area contributed by atoms with Gasteiger partial charge in [-0.2, -0.15) is 0 Å². The molecule has 2 saturated heterocycles. The fourth-order valence-corrected chi connectivity index (χ4v) is 4.57. The molecule has 0 aromatic heterocycles. The first-order valence-corrected chi connectivity index (χ1v) is 9.90. The minimum absolute atomic E-state index is 0.0362. The van der Waals surface area contributed by atoms with E-state index in [0.717, 1.165) is 30.0 Å². The highest BCUT2D eigenvalue weighted by molar-refractivity contribution is 6.08. The Kier molecular flexibility index (Phi) is 5.03. The lowest BCUT2D eigenvalue weighted by molar-refractivity contribution is -0.151. The standard InChI is InChI=1S/C22H24N2O4/c25-20(17-10-5-7-14-6-1-3-9-16(14)17)23-18-11-4-2-8-15-12-13-19(22(27)28)24(15)21(18)26/h1,3,5-7,9-10,15,18-19H,2,4,8,11-13H2,(H,23,25)(H,27,28)/t15-,18-,19-/m0/s1. The number of rotatable bonds is 3. The van der Waals surface area contributed by atoms with Crippen molar-refractivity contribution >= 4 is 28.6 Å². The molecule has 0 unspecified atom stereocenters. The largest absolute Gasteiger partial charge is 0.480 e. The van der Waals surface area contributed by atoms with Gasteiger partial charge < -0.3 is 15.3 Å². The number of hydrogen-bond donors (Lipinski definition) is 2. The van der Waals surface area contributed by atoms with Crippen LogP contribution in [0, 0.1) is 0 Å². The third-order valence-corrected chi connectivity index (χ3v) is 5.96. The molecule has 2 heterocycles. The summed E-state index contributed by atoms with van der Waals surface area (Å²) in [4.78, 5) is 39.3. The summed E-state index contributed by atoms with van der Waals surface area (Å²) in [6.45, 7) is 0. The van der Waals surface area contributed by atoms with Crippen LogP contribution < -0.4 is 5.32 Å². The zero-order chi connectivity index (χ0) is 19.7. The molecule has 2 aromatic rings. The zero-order valence-corrected chi connectivity index (χ0v) is 15.6. The molecule has 2 N–H and O–H groups in total. The van der Waals surface area contributed by atoms with E-state index in [1.165, 1.54) is 4.90 Å². The van der Waals surface area contributed by atoms with E-state index in [4.69, 9.17) is 0 Å². The highest BCUT2D eigenvalue weighted by Gasteiger charge is 2.43. The molecule has 0 saturated carbocycles. The number of carboxylic acid groups (broad SMARTS) is 1. The predicted molar refractivity (Wildman–Crippen MR) is 105 cm³/mol. The van der Waals surface area contributed by atoms with Crippen molar-refractivity contribution in [3.8, 4) is 0 Å². The van der Waals surface area contributed by atoms with E-state index in [1.807, 2.05) is 36.4 Å². The molecule has 28 heavy (non-hydrogen) atoms. The van der Waals surface area contributed by atoms with Crippen molar-refractivity contribution in [3.05, 3.63) is 48.0 Å². The van der Waals surface area contributed by atoms with Crippen LogP contribution in [-0.4, -0.2) is 45.9 Å². The lowest BCUT2D eigenvalue weighted by Crippen LogP contribution is -2.54. The average Bonchev–Trinajstić information content (AvgIpc) is 3.11. The quantitative estimate of drug-likeness (QED) is 0.857. The fourth-order valence-electron chi connectivity index (χ4n) is 4.57. The molecule has 146 valence electrons. The number of nitrogens with zero attached hydrogens (tertiary/aromatic N) is 1. The third kappa shape index (κ3) is 3.35. The van der Waals surface area contributed by atoms with Crippen LogP contribution in [0.1, 0.15) is 48.9 Å². The van der Waals surface area contributed by atoms with Crippen LogP contribution in [0.25, 0.3) is 10.8 Å². The van der Waals surface area contributed by atoms with Crippen molar-refractivity contribution < 1.29 is 19.5 Å². The molecule has 2 aliphatic heterocycles. The van der Waals surface area contributed by atoms with Crippen LogP contribution >= 0.6 is 0 Å². The Morgan fingerprint density at radius 3 is 2.54 bits per heavy atom. The molecule has 0 radical (unpaired) electrons. The van der Waals surface area contributed by atoms with Crippen molar-refractivity contribution in [1.82, 2.24) is 10.2 Å². The third-order valence-electron chi connectivity index (χ3n) is 5.96. The van der Waals surface area contributed by atoms with E-state index in [2.05, 4.69) is 5.32 Å². The normalized spacial score (nSPS) is 25.1. The van der Waals surface area contributed by atoms with Crippen LogP contribution in [0.3, 0.4) is 0 Å². The van der Waals surface area contributed by atoms with Gasteiger partial charge in [0.05, 0.1) is 0 Å². The first-order valence-electron chi connectivity index (χ1n) is 9.90. The molecule has 3 atom stereocenters. The van der Waals surface area contributed by atoms with Crippen molar-refractivity contribution in [2.75, 3.05) is 0 Å². The molecule has 0 bridgehead atoms. The van der Waals surface area contributed by atoms with Crippen LogP contribution in [0.2, 0.25) is 0 Å². The van der Waals surface area contributed by atoms with Crippen LogP contribution in [0.15, 0.2) is 42.5 Å². The van der Waals surface area contributed by atoms with E-state index >= 15 is 0 Å². The van der Waals surface area contributed by atoms with Gasteiger partial charge in [0.25, 0.3) is 5.91 Å². The van der Waals surface area contributed by atoms with Gasteiger partial charge in [-0.1, -0.05) is 49.2 Å². The molecule has 2 aliphatic rings. The summed E-state index contributed by atoms with van der Waals surface area (Å²) in [5, 5.41) is 14.2. The maximum absolute atomic E-state index is 13.2. The van der Waals surface area contributed by atoms with Crippen molar-refractivity contribution in [1.29, 1.82) is 0 Å². The number of fused-ring (bicyclic) bond motifs is 2. The predicted octanol–water partition coefficient (Wildman–Crippen LogP) is 2.96. The Bertz CT molecular complexity index is 920. The minimum Gasteiger partial charge on any atom is -0.480 e. The summed E-state index contributed by atoms with van der Waals surface area (Å²) in [5.41, 5.74) is 0.528. The first kappa shape index (κ1) is 18.5. The number of carbonyl (C=O) groups excluding carboxylic acids is 2. The summed E-state index contributed by atoms with van der Waals surface area (Å²) in [5.74, 6) is -1.52. The van der Waals surface area contributed by atoms with Gasteiger partial charge in [0.15, 0.2) is 0 Å². The summed E-state index contributed by atoms with van der Waals surface area (Å²) >= 11 is 0. The van der Waals surface area contributed by atoms with Crippen LogP contribution in [0.5, 0.6) is 0 Å². The molecule has 6 nitrogen and oxygen atoms in total. The second-order valence-electron chi connectivity index (χ2n) is 7.67. The number of aliphatic carboxylic acids is 1. The van der Waals surface area contributed by atoms with E-state index in [1.54, 1.807) is 6.07 Å². The van der Waals surface area contributed by atoms with E-state index in [9.17, 15) is 19.5 Å². The topological polar surface area (TPSA) is 86.7 Å². The van der Waals surface area contributed by atoms with Gasteiger partial charge >= 0.3 is 5.97 Å². The summed E-state index contributed by atoms with van der Waals surface area (Å²) < 4.78 is 0. The minimum atomic E-state index is -0.962. The number of carbonyl (C=O) groups is 3. The average molecular weight is 380 g/mol. The van der Waals surface area contributed by atoms with Crippen molar-refractivity contribution in [2.24, 2.45) is 0 Å². The Hall–Kier alpha value is -2.89. The van der Waals surface area contributed by atoms with Crippen molar-refractivity contribution in [2.45, 2.75) is 56.7 Å². The number of carboxylic acids is 1. The molecule has 0 aliphatic carbocycles. The lowest BCUT2D eigenvalue weighted by atomic mass is 9.98. The number of hydrogen-bond acceptors (Lipinski definition) is 3. The second kappa shape index (κ2) is 7.62. The summed E-state index contributed by atoms with van der Waals surface area (Å²) in [7, 11) is 0. The Balaban J connectivity index is 1.59. The number of benzene rings is 2. The first-order chi connectivity index (χ1) is 13.6. The van der Waals surface area contributed by atoms with Gasteiger partial charge in [0.1, 0.15) is 12.1 Å². The maximum atomic E-state index is 13.2. The van der Waals surface area contributed by atoms with Gasteiger partial charge in [-0.3, -0.25) is 9.59 Å². The second-order valence-corrected chi connectivity index (χ2v) is 7.67. The van der Waals surface area contributed by atoms with E-state index < -0.39 is 18.1 Å². The summed E-state index contributed by atoms with van der Waals surface area (Å²) in [6.07, 6.45) is 4.34. The number of amides is 2. The Labute approximate surface area is 163 Å². The van der Waals surface area contributed by atoms with Gasteiger partial charge in [-0.15, -0.1) is 0 Å². The highest BCUT2D eigenvalue weighted by atomic mass is 16.4. The van der Waals surface area contributed by atoms with Gasteiger partial charge in [0, 0.05) is 11.6 Å². The molecule has 2 fully saturated rings. The Morgan fingerprint density at radius 2 is 1.71 bits per heavy atom. The van der Waals surface area contributed by atoms with E-state index in [-0.39, 0.29) is 17.9 Å². The van der Waals surface area contributed by atoms with Gasteiger partial charge in [-0.05, 0) is 42.5 Å². The zero-order valence-electron chi connectivity index (χ0n) is 15.6. The van der Waals surface area contributed by atoms with Crippen LogP contribution in [0.4, 0.5) is 0 Å². The summed E-state index contributed by atoms with van der Waals surface area (Å²) in [6, 6.07) is 11.7. The number of nitrogens with one attached hydrogen (secondary N) is 1. The molecular formula is C22H24N2O4. The maximum Gasteiger partial charge on any atom is 0.326 e. The lowest BCUT2D eigenvalue weighted by Gasteiger charge is -2.34. The fraction of sp³-hybridized carbons (Fsp3) is 0.409. The molecular weight excluding hydrogens is 356 g/mol. The van der Waals surface area contributed by atoms with E-state index in [0.29, 0.717) is 24.8 Å². The van der Waals surface area contributed by atoms with Gasteiger partial charge in [0.2, 0.25) is 5.91 Å². The molecule has 6 heteroatoms. The monoisotopic (exact) mass is 380 g/mol. The van der Waals surface area contributed by atoms with Crippen molar-refractivity contribution in [3.63, 3.8) is 0 Å². The Morgan fingerprint density at radius 1 is 0.964 bits per heavy atom. The molecule has 0 spiro atoms.